The monoisotopic (exact) mass is 448 g/mol. The molecule has 1 N–H and O–H groups in total. The number of hydrogen-bond acceptors (Lipinski definition) is 1. The molecule has 34 heavy (non-hydrogen) atoms. The van der Waals surface area contributed by atoms with E-state index >= 15 is 0 Å². The van der Waals surface area contributed by atoms with Crippen molar-refractivity contribution in [3.63, 3.8) is 0 Å². The minimum absolute atomic E-state index is 0.252. The topological polar surface area (TPSA) is 20.2 Å². The van der Waals surface area contributed by atoms with E-state index in [-0.39, 0.29) is 10.8 Å². The van der Waals surface area contributed by atoms with E-state index in [0.717, 1.165) is 5.56 Å². The number of benzene rings is 4. The van der Waals surface area contributed by atoms with Gasteiger partial charge in [0.2, 0.25) is 0 Å². The summed E-state index contributed by atoms with van der Waals surface area (Å²) in [7, 11) is 0. The van der Waals surface area contributed by atoms with Gasteiger partial charge in [-0.05, 0) is 33.9 Å². The highest BCUT2D eigenvalue weighted by Gasteiger charge is 2.40. The van der Waals surface area contributed by atoms with Gasteiger partial charge in [0.25, 0.3) is 0 Å². The predicted octanol–water partition coefficient (Wildman–Crippen LogP) is 8.37. The molecule has 0 saturated heterocycles. The second kappa shape index (κ2) is 8.80. The largest absolute Gasteiger partial charge is 0.508 e. The molecular formula is C33H36O. The van der Waals surface area contributed by atoms with Crippen LogP contribution in [0, 0.1) is 0 Å². The summed E-state index contributed by atoms with van der Waals surface area (Å²) in [5.74, 6) is 0.348. The lowest BCUT2D eigenvalue weighted by atomic mass is 9.62. The molecule has 174 valence electrons. The fraction of sp³-hybridized carbons (Fsp3) is 0.273. The third kappa shape index (κ3) is 4.05. The van der Waals surface area contributed by atoms with Gasteiger partial charge in [-0.15, -0.1) is 0 Å². The van der Waals surface area contributed by atoms with Crippen LogP contribution in [0.4, 0.5) is 0 Å². The highest BCUT2D eigenvalue weighted by Crippen LogP contribution is 2.50. The van der Waals surface area contributed by atoms with E-state index in [9.17, 15) is 5.11 Å². The lowest BCUT2D eigenvalue weighted by molar-refractivity contribution is 0.441. The Morgan fingerprint density at radius 1 is 0.412 bits per heavy atom. The van der Waals surface area contributed by atoms with E-state index < -0.39 is 5.41 Å². The first kappa shape index (κ1) is 23.8. The molecule has 0 unspecified atom stereocenters. The third-order valence-corrected chi connectivity index (χ3v) is 7.59. The van der Waals surface area contributed by atoms with Gasteiger partial charge < -0.3 is 5.11 Å². The van der Waals surface area contributed by atoms with Gasteiger partial charge in [-0.2, -0.15) is 0 Å². The maximum absolute atomic E-state index is 11.5. The van der Waals surface area contributed by atoms with Crippen LogP contribution in [0.15, 0.2) is 103 Å². The molecule has 0 amide bonds. The molecule has 0 bridgehead atoms. The fourth-order valence-corrected chi connectivity index (χ4v) is 5.40. The number of phenolic OH excluding ortho intramolecular Hbond substituents is 1. The molecule has 0 radical (unpaired) electrons. The zero-order valence-corrected chi connectivity index (χ0v) is 21.3. The Balaban J connectivity index is 2.10. The third-order valence-electron chi connectivity index (χ3n) is 7.59. The summed E-state index contributed by atoms with van der Waals surface area (Å²) < 4.78 is 0. The molecule has 4 rings (SSSR count). The highest BCUT2D eigenvalue weighted by molar-refractivity contribution is 5.61. The van der Waals surface area contributed by atoms with Crippen LogP contribution in [0.2, 0.25) is 0 Å². The Kier molecular flexibility index (Phi) is 6.16. The van der Waals surface area contributed by atoms with Gasteiger partial charge in [0.15, 0.2) is 0 Å². The summed E-state index contributed by atoms with van der Waals surface area (Å²) in [5, 5.41) is 11.5. The van der Waals surface area contributed by atoms with E-state index in [2.05, 4.69) is 133 Å². The van der Waals surface area contributed by atoms with Gasteiger partial charge >= 0.3 is 0 Å². The average Bonchev–Trinajstić information content (AvgIpc) is 2.85. The van der Waals surface area contributed by atoms with Crippen molar-refractivity contribution in [2.75, 3.05) is 0 Å². The molecule has 0 aliphatic carbocycles. The minimum Gasteiger partial charge on any atom is -0.508 e. The van der Waals surface area contributed by atoms with Gasteiger partial charge in [0, 0.05) is 21.8 Å². The molecule has 4 aromatic rings. The SMILES string of the molecule is CC(C)(c1ccccc1)c1ccc(O)c(C(C)(C)c2ccccc2)c1C(C)(C)c1ccccc1. The summed E-state index contributed by atoms with van der Waals surface area (Å²) in [6, 6.07) is 35.9. The molecule has 0 saturated carbocycles. The summed E-state index contributed by atoms with van der Waals surface area (Å²) in [6.07, 6.45) is 0. The maximum atomic E-state index is 11.5. The molecule has 1 heteroatoms. The summed E-state index contributed by atoms with van der Waals surface area (Å²) in [4.78, 5) is 0. The molecule has 0 spiro atoms. The Hall–Kier alpha value is -3.32. The molecule has 0 fully saturated rings. The molecule has 0 aromatic heterocycles. The van der Waals surface area contributed by atoms with Crippen LogP contribution in [-0.4, -0.2) is 5.11 Å². The highest BCUT2D eigenvalue weighted by atomic mass is 16.3. The van der Waals surface area contributed by atoms with E-state index in [1.807, 2.05) is 12.1 Å². The smallest absolute Gasteiger partial charge is 0.119 e. The zero-order chi connectivity index (χ0) is 24.6. The zero-order valence-electron chi connectivity index (χ0n) is 21.3. The first-order chi connectivity index (χ1) is 16.1. The van der Waals surface area contributed by atoms with Gasteiger partial charge in [0.05, 0.1) is 0 Å². The predicted molar refractivity (Wildman–Crippen MR) is 144 cm³/mol. The van der Waals surface area contributed by atoms with Crippen molar-refractivity contribution >= 4 is 0 Å². The van der Waals surface area contributed by atoms with Crippen molar-refractivity contribution in [1.82, 2.24) is 0 Å². The van der Waals surface area contributed by atoms with Crippen LogP contribution in [0.5, 0.6) is 5.75 Å². The lowest BCUT2D eigenvalue weighted by Crippen LogP contribution is -2.33. The van der Waals surface area contributed by atoms with Gasteiger partial charge in [0.1, 0.15) is 5.75 Å². The minimum atomic E-state index is -0.393. The average molecular weight is 449 g/mol. The van der Waals surface area contributed by atoms with Crippen molar-refractivity contribution in [2.24, 2.45) is 0 Å². The van der Waals surface area contributed by atoms with Crippen molar-refractivity contribution in [2.45, 2.75) is 57.8 Å². The number of phenols is 1. The standard InChI is InChI=1S/C33H36O/c1-31(2,24-16-10-7-11-17-24)27-22-23-28(34)30(33(5,6)26-20-14-9-15-21-26)29(27)32(3,4)25-18-12-8-13-19-25/h7-23,34H,1-6H3. The Labute approximate surface area is 205 Å². The van der Waals surface area contributed by atoms with E-state index in [1.54, 1.807) is 0 Å². The van der Waals surface area contributed by atoms with Crippen LogP contribution in [-0.2, 0) is 16.2 Å². The second-order valence-electron chi connectivity index (χ2n) is 10.9. The van der Waals surface area contributed by atoms with E-state index in [4.69, 9.17) is 0 Å². The van der Waals surface area contributed by atoms with Crippen molar-refractivity contribution in [1.29, 1.82) is 0 Å². The lowest BCUT2D eigenvalue weighted by Gasteiger charge is -2.41. The van der Waals surface area contributed by atoms with Crippen molar-refractivity contribution in [3.8, 4) is 5.75 Å². The van der Waals surface area contributed by atoms with Crippen molar-refractivity contribution in [3.05, 3.63) is 137 Å². The van der Waals surface area contributed by atoms with Crippen LogP contribution >= 0.6 is 0 Å². The quantitative estimate of drug-likeness (QED) is 0.314. The molecule has 0 aliphatic rings. The van der Waals surface area contributed by atoms with Crippen molar-refractivity contribution < 1.29 is 5.11 Å². The van der Waals surface area contributed by atoms with E-state index in [0.29, 0.717) is 5.75 Å². The number of hydrogen-bond donors (Lipinski definition) is 1. The normalized spacial score (nSPS) is 12.5. The number of rotatable bonds is 6. The second-order valence-corrected chi connectivity index (χ2v) is 10.9. The van der Waals surface area contributed by atoms with Crippen LogP contribution in [0.25, 0.3) is 0 Å². The van der Waals surface area contributed by atoms with Crippen LogP contribution in [0.3, 0.4) is 0 Å². The first-order valence-electron chi connectivity index (χ1n) is 12.1. The fourth-order valence-electron chi connectivity index (χ4n) is 5.40. The molecule has 1 nitrogen and oxygen atoms in total. The van der Waals surface area contributed by atoms with Gasteiger partial charge in [-0.25, -0.2) is 0 Å². The van der Waals surface area contributed by atoms with Crippen LogP contribution in [0.1, 0.15) is 74.9 Å². The first-order valence-corrected chi connectivity index (χ1v) is 12.1. The molecule has 0 heterocycles. The molecule has 4 aromatic carbocycles. The Morgan fingerprint density at radius 3 is 1.18 bits per heavy atom. The molecular weight excluding hydrogens is 412 g/mol. The summed E-state index contributed by atoms with van der Waals surface area (Å²) in [5.41, 5.74) is 6.13. The number of aromatic hydroxyl groups is 1. The molecule has 0 atom stereocenters. The maximum Gasteiger partial charge on any atom is 0.119 e. The Morgan fingerprint density at radius 2 is 0.765 bits per heavy atom. The summed E-state index contributed by atoms with van der Waals surface area (Å²) in [6.45, 7) is 13.6. The van der Waals surface area contributed by atoms with Gasteiger partial charge in [-0.3, -0.25) is 0 Å². The summed E-state index contributed by atoms with van der Waals surface area (Å²) >= 11 is 0. The van der Waals surface area contributed by atoms with E-state index in [1.165, 1.54) is 27.8 Å². The van der Waals surface area contributed by atoms with Crippen LogP contribution < -0.4 is 0 Å². The Bertz CT molecular complexity index is 1250. The van der Waals surface area contributed by atoms with Gasteiger partial charge in [-0.1, -0.05) is 139 Å². The molecule has 0 aliphatic heterocycles.